The van der Waals surface area contributed by atoms with Gasteiger partial charge in [0.2, 0.25) is 17.7 Å². The van der Waals surface area contributed by atoms with E-state index >= 15 is 0 Å². The van der Waals surface area contributed by atoms with Crippen LogP contribution in [0.5, 0.6) is 11.5 Å². The van der Waals surface area contributed by atoms with Crippen molar-refractivity contribution in [3.8, 4) is 11.5 Å². The van der Waals surface area contributed by atoms with E-state index in [2.05, 4.69) is 172 Å². The molecule has 0 radical (unpaired) electrons. The summed E-state index contributed by atoms with van der Waals surface area (Å²) in [6, 6.07) is 53.6. The van der Waals surface area contributed by atoms with Gasteiger partial charge in [0, 0.05) is 190 Å². The molecule has 5 aromatic heterocycles. The minimum Gasteiger partial charge on any atom is -0.497 e. The number of carbonyl (C=O) groups is 5. The molecule has 24 nitrogen and oxygen atoms in total. The summed E-state index contributed by atoms with van der Waals surface area (Å²) in [5.41, 5.74) is 20.4. The third-order valence-electron chi connectivity index (χ3n) is 26.3. The first-order valence-electron chi connectivity index (χ1n) is 45.6. The maximum atomic E-state index is 14.0. The molecule has 7 aliphatic rings. The van der Waals surface area contributed by atoms with E-state index in [0.29, 0.717) is 91.2 Å². The molecule has 1 saturated carbocycles. The second-order valence-electron chi connectivity index (χ2n) is 34.2. The van der Waals surface area contributed by atoms with Gasteiger partial charge >= 0.3 is 12.2 Å². The van der Waals surface area contributed by atoms with E-state index in [4.69, 9.17) is 52.2 Å². The number of piperazine rings is 1. The Bertz CT molecular complexity index is 6370. The minimum atomic E-state index is -0.341. The summed E-state index contributed by atoms with van der Waals surface area (Å²) in [6.45, 7) is 14.8. The van der Waals surface area contributed by atoms with Crippen LogP contribution in [0.4, 0.5) is 14.0 Å². The fourth-order valence-electron chi connectivity index (χ4n) is 19.7. The molecule has 0 bridgehead atoms. The number of rotatable bonds is 15. The molecule has 2 fully saturated rings. The highest BCUT2D eigenvalue weighted by molar-refractivity contribution is 9.11. The number of nitrogens with zero attached hydrogens (tertiary/aromatic N) is 6. The van der Waals surface area contributed by atoms with E-state index in [0.717, 1.165) is 156 Å². The number of nitrogens with one attached hydrogen (secondary N) is 7. The van der Waals surface area contributed by atoms with E-state index in [9.17, 15) is 28.4 Å². The van der Waals surface area contributed by atoms with E-state index in [1.54, 1.807) is 44.1 Å². The Hall–Kier alpha value is -10.3. The summed E-state index contributed by atoms with van der Waals surface area (Å²) in [4.78, 5) is 91.3. The van der Waals surface area contributed by atoms with E-state index < -0.39 is 0 Å². The zero-order valence-electron chi connectivity index (χ0n) is 75.6. The second kappa shape index (κ2) is 43.6. The van der Waals surface area contributed by atoms with Gasteiger partial charge in [0.05, 0.1) is 77.4 Å². The Balaban J connectivity index is 0.000000123. The van der Waals surface area contributed by atoms with Crippen LogP contribution in [-0.4, -0.2) is 208 Å². The molecule has 133 heavy (non-hydrogen) atoms. The Morgan fingerprint density at radius 2 is 0.977 bits per heavy atom. The third-order valence-corrected chi connectivity index (χ3v) is 28.9. The van der Waals surface area contributed by atoms with Crippen molar-refractivity contribution in [2.75, 3.05) is 107 Å². The molecule has 20 rings (SSSR count). The van der Waals surface area contributed by atoms with Gasteiger partial charge in [0.1, 0.15) is 23.9 Å². The number of carbonyl (C=O) groups excluding carboxylic acids is 5. The Labute approximate surface area is 817 Å². The van der Waals surface area contributed by atoms with Crippen molar-refractivity contribution in [2.24, 2.45) is 0 Å². The Kier molecular flexibility index (Phi) is 31.4. The van der Waals surface area contributed by atoms with E-state index in [1.807, 2.05) is 120 Å². The first-order valence-corrected chi connectivity index (χ1v) is 49.6. The molecule has 5 amide bonds. The summed E-state index contributed by atoms with van der Waals surface area (Å²) >= 11 is 26.2. The average Bonchev–Trinajstić information content (AvgIpc) is 1.61. The number of hydrogen-bond donors (Lipinski definition) is 7. The van der Waals surface area contributed by atoms with Crippen LogP contribution in [0.25, 0.3) is 54.5 Å². The monoisotopic (exact) mass is 2100 g/mol. The van der Waals surface area contributed by atoms with Crippen LogP contribution >= 0.6 is 87.5 Å². The zero-order chi connectivity index (χ0) is 93.3. The van der Waals surface area contributed by atoms with Gasteiger partial charge in [0.15, 0.2) is 5.11 Å². The second-order valence-corrected chi connectivity index (χ2v) is 38.7. The number of ether oxygens (including phenoxy) is 6. The SMILES string of the molecule is CCOC(=O)N1CCc2[nH]c3ccc(Br)cc3c2C1.CCOC(=O)N1CCc2c([nH]c3ccc(Cl)cc23)C1CC.COCCOCC(=O)N1CCc2c([nH]c3ccc(Br)cc23)C1c1ccc(Br)cc1.COc1ccc(C2NC(C(=O)N3CCN(C(C)=O)CC3)Cc3c2[nH]c2ccc(Br)cc32)cc1.COc1ccc(C2c3[nH]c4ccc(F)cc4c3CCN2C(=S)NC2CCCCC2)cc1. The number of benzene rings is 8. The van der Waals surface area contributed by atoms with Crippen molar-refractivity contribution < 1.29 is 56.8 Å². The Morgan fingerprint density at radius 3 is 1.56 bits per heavy atom. The topological polar surface area (TPSA) is 263 Å². The lowest BCUT2D eigenvalue weighted by Gasteiger charge is -2.39. The highest BCUT2D eigenvalue weighted by Gasteiger charge is 2.41. The molecule has 8 aromatic carbocycles. The van der Waals surface area contributed by atoms with Crippen molar-refractivity contribution in [3.63, 3.8) is 0 Å². The number of hydrogen-bond acceptors (Lipinski definition) is 13. The van der Waals surface area contributed by atoms with Crippen LogP contribution in [0.15, 0.2) is 182 Å². The first-order chi connectivity index (χ1) is 64.5. The van der Waals surface area contributed by atoms with E-state index in [1.165, 1.54) is 87.8 Å². The van der Waals surface area contributed by atoms with Gasteiger partial charge in [0.25, 0.3) is 0 Å². The van der Waals surface area contributed by atoms with Gasteiger partial charge in [-0.3, -0.25) is 24.6 Å². The maximum Gasteiger partial charge on any atom is 0.410 e. The molecule has 31 heteroatoms. The molecular weight excluding hydrogens is 1990 g/mol. The van der Waals surface area contributed by atoms with Gasteiger partial charge in [-0.05, 0) is 237 Å². The highest BCUT2D eigenvalue weighted by atomic mass is 79.9. The predicted octanol–water partition coefficient (Wildman–Crippen LogP) is 21.3. The highest BCUT2D eigenvalue weighted by Crippen LogP contribution is 2.45. The van der Waals surface area contributed by atoms with Gasteiger partial charge < -0.3 is 83.2 Å². The van der Waals surface area contributed by atoms with Crippen molar-refractivity contribution in [1.82, 2.24) is 65.0 Å². The number of aromatic nitrogens is 5. The molecule has 5 unspecified atom stereocenters. The molecule has 1 aliphatic carbocycles. The number of amides is 5. The van der Waals surface area contributed by atoms with Crippen molar-refractivity contribution >= 4 is 177 Å². The number of halogens is 6. The van der Waals surface area contributed by atoms with Gasteiger partial charge in [-0.15, -0.1) is 0 Å². The summed E-state index contributed by atoms with van der Waals surface area (Å²) in [7, 11) is 4.95. The molecule has 7 N–H and O–H groups in total. The fourth-order valence-corrected chi connectivity index (χ4v) is 21.6. The first kappa shape index (κ1) is 95.9. The quantitative estimate of drug-likeness (QED) is 0.0372. The van der Waals surface area contributed by atoms with Crippen molar-refractivity contribution in [1.29, 1.82) is 0 Å². The van der Waals surface area contributed by atoms with Gasteiger partial charge in [-0.2, -0.15) is 0 Å². The lowest BCUT2D eigenvalue weighted by molar-refractivity contribution is -0.140. The average molecular weight is 2100 g/mol. The number of methoxy groups -OCH3 is 3. The Morgan fingerprint density at radius 1 is 0.489 bits per heavy atom. The molecule has 5 atom stereocenters. The van der Waals surface area contributed by atoms with Crippen molar-refractivity contribution in [3.05, 3.63) is 265 Å². The maximum absolute atomic E-state index is 14.0. The van der Waals surface area contributed by atoms with Crippen LogP contribution in [0.2, 0.25) is 5.02 Å². The van der Waals surface area contributed by atoms with Gasteiger partial charge in [-0.25, -0.2) is 14.0 Å². The molecule has 11 heterocycles. The number of H-pyrrole nitrogens is 5. The lowest BCUT2D eigenvalue weighted by atomic mass is 9.89. The summed E-state index contributed by atoms with van der Waals surface area (Å²) < 4.78 is 49.6. The van der Waals surface area contributed by atoms with Crippen LogP contribution < -0.4 is 20.1 Å². The molecule has 698 valence electrons. The number of fused-ring (bicyclic) bond motifs is 15. The molecular formula is C102H111Br4ClFN13O11S. The largest absolute Gasteiger partial charge is 0.497 e. The van der Waals surface area contributed by atoms with Gasteiger partial charge in [-0.1, -0.05) is 138 Å². The van der Waals surface area contributed by atoms with E-state index in [-0.39, 0.29) is 72.5 Å². The molecule has 0 spiro atoms. The molecule has 13 aromatic rings. The predicted molar refractivity (Wildman–Crippen MR) is 537 cm³/mol. The minimum absolute atomic E-state index is 0.0143. The van der Waals surface area contributed by atoms with Crippen molar-refractivity contribution in [2.45, 2.75) is 141 Å². The zero-order valence-corrected chi connectivity index (χ0v) is 83.5. The normalized spacial score (nSPS) is 18.0. The summed E-state index contributed by atoms with van der Waals surface area (Å²) in [5.74, 6) is 1.56. The van der Waals surface area contributed by atoms with Crippen LogP contribution in [0.1, 0.15) is 163 Å². The van der Waals surface area contributed by atoms with Crippen LogP contribution in [-0.2, 0) is 72.0 Å². The van der Waals surface area contributed by atoms with Crippen LogP contribution in [0, 0.1) is 5.82 Å². The van der Waals surface area contributed by atoms with Crippen LogP contribution in [0.3, 0.4) is 0 Å². The molecule has 6 aliphatic heterocycles. The third kappa shape index (κ3) is 21.5. The lowest BCUT2D eigenvalue weighted by Crippen LogP contribution is -2.56. The summed E-state index contributed by atoms with van der Waals surface area (Å²) in [6.07, 6.45) is 10.5. The smallest absolute Gasteiger partial charge is 0.410 e. The number of aromatic amines is 5. The summed E-state index contributed by atoms with van der Waals surface area (Å²) in [5, 5.41) is 14.5. The standard InChI is InChI=1S/C25H27BrN4O3.C25H28FN3OS.C22H22Br2N2O3.C16H19ClN2O2.C14H15BrN2O2/c1-15(31)29-9-11-30(12-10-29)25(32)22-14-20-19-13-17(26)5-8-21(19)27-24(20)23(28-22)16-3-6-18(33-2)7-4-16;1-30-19-10-7-16(8-11-19)24-23-20(21-15-17(26)9-12-22(21)28-23)13-14-29(24)25(31)27-18-5-3-2-4-6-18;1-28-10-11-29-13-20(27)26-9-8-17-18-12-16(24)6-7-19(18)25-21(17)22(26)14-2-4-15(23)5-3-14;1-3-14-15-11(7-8-19(14)16(20)21-4-2)12-9-10(17)5-6-13(12)18-15;1-2-19-14(18)17-6-5-13-11(8-17)10-7-9(15)3-4-12(10)16-13/h3-8,13,22-23,27-28H,9-12,14H2,1-2H3;7-12,15,18,24,28H,2-6,13-14H2,1H3,(H,27,31);2-7,12,22,25H,8-11,13H2,1H3;5-6,9,14,18H,3-4,7-8H2,1-2H3;3-4,7,16H,2,5-6,8H2,1H3. The number of thiocarbonyl (C=S) groups is 1. The molecule has 1 saturated heterocycles. The fraction of sp³-hybridized carbons (Fsp3) is 0.373.